The Bertz CT molecular complexity index is 383. The van der Waals surface area contributed by atoms with Gasteiger partial charge in [-0.1, -0.05) is 30.0 Å². The molecule has 0 bridgehead atoms. The molecule has 13 heavy (non-hydrogen) atoms. The summed E-state index contributed by atoms with van der Waals surface area (Å²) in [7, 11) is 0. The molecule has 0 fully saturated rings. The Morgan fingerprint density at radius 3 is 2.69 bits per heavy atom. The zero-order valence-corrected chi connectivity index (χ0v) is 8.03. The second-order valence-electron chi connectivity index (χ2n) is 2.49. The summed E-state index contributed by atoms with van der Waals surface area (Å²) in [6.45, 7) is 0. The first-order chi connectivity index (χ1) is 6.42. The maximum atomic E-state index is 4.14. The van der Waals surface area contributed by atoms with Crippen molar-refractivity contribution in [3.8, 4) is 5.69 Å². The lowest BCUT2D eigenvalue weighted by Gasteiger charge is -2.01. The minimum atomic E-state index is 0.909. The molecule has 0 amide bonds. The van der Waals surface area contributed by atoms with Gasteiger partial charge in [0.1, 0.15) is 6.33 Å². The fourth-order valence-electron chi connectivity index (χ4n) is 1.12. The molecule has 0 N–H and O–H groups in total. The van der Waals surface area contributed by atoms with Crippen molar-refractivity contribution in [1.82, 2.24) is 14.8 Å². The summed E-state index contributed by atoms with van der Waals surface area (Å²) in [5.74, 6) is 0. The number of rotatable bonds is 2. The molecule has 0 saturated carbocycles. The summed E-state index contributed by atoms with van der Waals surface area (Å²) in [5.41, 5.74) is 1.05. The van der Waals surface area contributed by atoms with Gasteiger partial charge in [0.05, 0.1) is 5.69 Å². The monoisotopic (exact) mass is 191 g/mol. The second-order valence-corrected chi connectivity index (χ2v) is 3.27. The van der Waals surface area contributed by atoms with Crippen LogP contribution in [0.5, 0.6) is 0 Å². The van der Waals surface area contributed by atoms with E-state index < -0.39 is 0 Å². The standard InChI is InChI=1S/C9H9N3S/c1-13-9-10-7-11-12(9)8-5-3-2-4-6-8/h2-7H,1H3. The van der Waals surface area contributed by atoms with Crippen LogP contribution in [0, 0.1) is 0 Å². The number of hydrogen-bond acceptors (Lipinski definition) is 3. The van der Waals surface area contributed by atoms with Crippen LogP contribution in [0.15, 0.2) is 41.8 Å². The lowest BCUT2D eigenvalue weighted by Crippen LogP contribution is -1.97. The van der Waals surface area contributed by atoms with Crippen molar-refractivity contribution in [2.24, 2.45) is 0 Å². The van der Waals surface area contributed by atoms with Gasteiger partial charge in [0, 0.05) is 0 Å². The number of aromatic nitrogens is 3. The first-order valence-corrected chi connectivity index (χ1v) is 5.14. The van der Waals surface area contributed by atoms with Crippen LogP contribution in [-0.2, 0) is 0 Å². The lowest BCUT2D eigenvalue weighted by atomic mass is 10.3. The molecule has 0 unspecified atom stereocenters. The van der Waals surface area contributed by atoms with Crippen LogP contribution >= 0.6 is 11.8 Å². The average molecular weight is 191 g/mol. The van der Waals surface area contributed by atoms with Crippen LogP contribution in [0.3, 0.4) is 0 Å². The van der Waals surface area contributed by atoms with Gasteiger partial charge in [-0.2, -0.15) is 5.10 Å². The Morgan fingerprint density at radius 2 is 2.00 bits per heavy atom. The molecule has 0 aliphatic heterocycles. The van der Waals surface area contributed by atoms with Crippen molar-refractivity contribution < 1.29 is 0 Å². The molecule has 0 saturated heterocycles. The number of benzene rings is 1. The zero-order valence-electron chi connectivity index (χ0n) is 7.21. The number of para-hydroxylation sites is 1. The average Bonchev–Trinajstić information content (AvgIpc) is 2.67. The zero-order chi connectivity index (χ0) is 9.10. The fraction of sp³-hybridized carbons (Fsp3) is 0.111. The molecule has 2 rings (SSSR count). The van der Waals surface area contributed by atoms with E-state index in [1.54, 1.807) is 18.1 Å². The third-order valence-electron chi connectivity index (χ3n) is 1.70. The molecule has 1 aromatic carbocycles. The van der Waals surface area contributed by atoms with Crippen LogP contribution in [-0.4, -0.2) is 21.0 Å². The largest absolute Gasteiger partial charge is 0.209 e. The number of thioether (sulfide) groups is 1. The third kappa shape index (κ3) is 1.58. The highest BCUT2D eigenvalue weighted by Gasteiger charge is 2.02. The Kier molecular flexibility index (Phi) is 2.31. The minimum Gasteiger partial charge on any atom is -0.209 e. The summed E-state index contributed by atoms with van der Waals surface area (Å²) in [6, 6.07) is 9.98. The van der Waals surface area contributed by atoms with Gasteiger partial charge in [0.25, 0.3) is 0 Å². The number of hydrogen-bond donors (Lipinski definition) is 0. The molecule has 0 aliphatic rings. The highest BCUT2D eigenvalue weighted by atomic mass is 32.2. The van der Waals surface area contributed by atoms with Crippen LogP contribution < -0.4 is 0 Å². The van der Waals surface area contributed by atoms with E-state index in [0.717, 1.165) is 10.8 Å². The Morgan fingerprint density at radius 1 is 1.23 bits per heavy atom. The fourth-order valence-corrected chi connectivity index (χ4v) is 1.59. The van der Waals surface area contributed by atoms with Crippen molar-refractivity contribution in [3.63, 3.8) is 0 Å². The minimum absolute atomic E-state index is 0.909. The van der Waals surface area contributed by atoms with Crippen molar-refractivity contribution in [2.45, 2.75) is 5.16 Å². The summed E-state index contributed by atoms with van der Waals surface area (Å²) in [5, 5.41) is 5.05. The Balaban J connectivity index is 2.47. The molecule has 2 aromatic rings. The molecular formula is C9H9N3S. The van der Waals surface area contributed by atoms with E-state index in [1.165, 1.54) is 0 Å². The van der Waals surface area contributed by atoms with Crippen molar-refractivity contribution >= 4 is 11.8 Å². The van der Waals surface area contributed by atoms with Gasteiger partial charge >= 0.3 is 0 Å². The van der Waals surface area contributed by atoms with E-state index >= 15 is 0 Å². The van der Waals surface area contributed by atoms with E-state index in [0.29, 0.717) is 0 Å². The van der Waals surface area contributed by atoms with E-state index in [-0.39, 0.29) is 0 Å². The predicted octanol–water partition coefficient (Wildman–Crippen LogP) is 1.99. The van der Waals surface area contributed by atoms with Gasteiger partial charge in [-0.25, -0.2) is 9.67 Å². The van der Waals surface area contributed by atoms with E-state index in [1.807, 2.05) is 41.3 Å². The van der Waals surface area contributed by atoms with Crippen molar-refractivity contribution in [1.29, 1.82) is 0 Å². The summed E-state index contributed by atoms with van der Waals surface area (Å²) >= 11 is 1.59. The molecule has 0 aliphatic carbocycles. The Hall–Kier alpha value is -1.29. The van der Waals surface area contributed by atoms with Crippen LogP contribution in [0.4, 0.5) is 0 Å². The van der Waals surface area contributed by atoms with Crippen LogP contribution in [0.1, 0.15) is 0 Å². The molecule has 1 aromatic heterocycles. The van der Waals surface area contributed by atoms with Crippen LogP contribution in [0.25, 0.3) is 5.69 Å². The van der Waals surface area contributed by atoms with Gasteiger partial charge in [0.15, 0.2) is 5.16 Å². The molecule has 3 nitrogen and oxygen atoms in total. The molecule has 4 heteroatoms. The maximum Gasteiger partial charge on any atom is 0.190 e. The molecular weight excluding hydrogens is 182 g/mol. The first kappa shape index (κ1) is 8.31. The SMILES string of the molecule is CSc1ncnn1-c1ccccc1. The number of nitrogens with zero attached hydrogens (tertiary/aromatic N) is 3. The smallest absolute Gasteiger partial charge is 0.190 e. The van der Waals surface area contributed by atoms with Crippen LogP contribution in [0.2, 0.25) is 0 Å². The second kappa shape index (κ2) is 3.62. The summed E-state index contributed by atoms with van der Waals surface area (Å²) in [4.78, 5) is 4.13. The Labute approximate surface area is 80.8 Å². The molecule has 0 radical (unpaired) electrons. The van der Waals surface area contributed by atoms with Gasteiger partial charge < -0.3 is 0 Å². The maximum absolute atomic E-state index is 4.14. The highest BCUT2D eigenvalue weighted by Crippen LogP contribution is 2.15. The first-order valence-electron chi connectivity index (χ1n) is 3.91. The molecule has 0 atom stereocenters. The quantitative estimate of drug-likeness (QED) is 0.680. The normalized spacial score (nSPS) is 10.2. The third-order valence-corrected chi connectivity index (χ3v) is 2.34. The van der Waals surface area contributed by atoms with Gasteiger partial charge in [-0.15, -0.1) is 0 Å². The summed E-state index contributed by atoms with van der Waals surface area (Å²) < 4.78 is 1.82. The van der Waals surface area contributed by atoms with Gasteiger partial charge in [-0.05, 0) is 18.4 Å². The topological polar surface area (TPSA) is 30.7 Å². The lowest BCUT2D eigenvalue weighted by molar-refractivity contribution is 0.787. The van der Waals surface area contributed by atoms with Crippen molar-refractivity contribution in [3.05, 3.63) is 36.7 Å². The highest BCUT2D eigenvalue weighted by molar-refractivity contribution is 7.98. The molecule has 1 heterocycles. The van der Waals surface area contributed by atoms with Gasteiger partial charge in [-0.3, -0.25) is 0 Å². The summed E-state index contributed by atoms with van der Waals surface area (Å²) in [6.07, 6.45) is 3.56. The predicted molar refractivity (Wildman–Crippen MR) is 53.1 cm³/mol. The van der Waals surface area contributed by atoms with E-state index in [9.17, 15) is 0 Å². The van der Waals surface area contributed by atoms with Crippen molar-refractivity contribution in [2.75, 3.05) is 6.26 Å². The molecule has 66 valence electrons. The van der Waals surface area contributed by atoms with E-state index in [2.05, 4.69) is 10.1 Å². The van der Waals surface area contributed by atoms with Gasteiger partial charge in [0.2, 0.25) is 0 Å². The molecule has 0 spiro atoms. The van der Waals surface area contributed by atoms with E-state index in [4.69, 9.17) is 0 Å².